The first-order valence-electron chi connectivity index (χ1n) is 6.26. The monoisotopic (exact) mass is 258 g/mol. The molecular formula is C14H18N4O. The quantitative estimate of drug-likeness (QED) is 0.559. The van der Waals surface area contributed by atoms with Gasteiger partial charge in [-0.15, -0.1) is 0 Å². The number of aromatic nitrogens is 3. The minimum absolute atomic E-state index is 0.536. The van der Waals surface area contributed by atoms with Gasteiger partial charge in [0, 0.05) is 19.5 Å². The van der Waals surface area contributed by atoms with Crippen LogP contribution >= 0.6 is 0 Å². The Balaban J connectivity index is 1.69. The molecule has 2 rings (SSSR count). The zero-order valence-electron chi connectivity index (χ0n) is 10.8. The van der Waals surface area contributed by atoms with E-state index >= 15 is 0 Å². The van der Waals surface area contributed by atoms with Crippen molar-refractivity contribution in [3.63, 3.8) is 0 Å². The first-order valence-corrected chi connectivity index (χ1v) is 6.26. The van der Waals surface area contributed by atoms with E-state index in [9.17, 15) is 0 Å². The summed E-state index contributed by atoms with van der Waals surface area (Å²) in [4.78, 5) is 4.07. The van der Waals surface area contributed by atoms with Crippen molar-refractivity contribution in [2.75, 3.05) is 13.2 Å². The zero-order chi connectivity index (χ0) is 13.3. The maximum absolute atomic E-state index is 5.43. The van der Waals surface area contributed by atoms with Gasteiger partial charge in [-0.25, -0.2) is 4.98 Å². The fraction of sp³-hybridized carbons (Fsp3) is 0.286. The standard InChI is InChI=1S/C14H18N4O/c1-2-9-19-13-5-3-12(4-6-13)10-15-8-7-14-16-11-17-18-14/h2-6,11,15H,1,7-10H2,(H,16,17,18). The van der Waals surface area contributed by atoms with Gasteiger partial charge >= 0.3 is 0 Å². The SMILES string of the molecule is C=CCOc1ccc(CNCCc2ncn[nH]2)cc1. The molecule has 0 saturated carbocycles. The molecule has 0 aliphatic heterocycles. The third-order valence-corrected chi connectivity index (χ3v) is 2.62. The first kappa shape index (κ1) is 13.3. The minimum atomic E-state index is 0.536. The summed E-state index contributed by atoms with van der Waals surface area (Å²) < 4.78 is 5.43. The number of H-pyrrole nitrogens is 1. The Kier molecular flexibility index (Phi) is 5.13. The van der Waals surface area contributed by atoms with Crippen LogP contribution in [-0.4, -0.2) is 28.3 Å². The van der Waals surface area contributed by atoms with Gasteiger partial charge in [0.1, 0.15) is 24.5 Å². The van der Waals surface area contributed by atoms with Gasteiger partial charge in [-0.3, -0.25) is 5.10 Å². The molecule has 0 unspecified atom stereocenters. The molecule has 100 valence electrons. The predicted molar refractivity (Wildman–Crippen MR) is 73.9 cm³/mol. The molecule has 0 radical (unpaired) electrons. The summed E-state index contributed by atoms with van der Waals surface area (Å²) in [6, 6.07) is 8.05. The maximum atomic E-state index is 5.43. The average Bonchev–Trinajstić information content (AvgIpc) is 2.96. The molecule has 0 fully saturated rings. The molecule has 2 aromatic rings. The summed E-state index contributed by atoms with van der Waals surface area (Å²) in [6.07, 6.45) is 4.11. The Morgan fingerprint density at radius 2 is 2.16 bits per heavy atom. The number of nitrogens with zero attached hydrogens (tertiary/aromatic N) is 2. The van der Waals surface area contributed by atoms with Crippen molar-refractivity contribution in [1.29, 1.82) is 0 Å². The second kappa shape index (κ2) is 7.33. The molecule has 1 aromatic carbocycles. The van der Waals surface area contributed by atoms with Gasteiger partial charge in [-0.2, -0.15) is 5.10 Å². The topological polar surface area (TPSA) is 62.8 Å². The Hall–Kier alpha value is -2.14. The third kappa shape index (κ3) is 4.56. The molecule has 5 heteroatoms. The van der Waals surface area contributed by atoms with Gasteiger partial charge in [0.15, 0.2) is 0 Å². The molecule has 0 aliphatic rings. The van der Waals surface area contributed by atoms with Gasteiger partial charge in [0.2, 0.25) is 0 Å². The summed E-state index contributed by atoms with van der Waals surface area (Å²) in [7, 11) is 0. The van der Waals surface area contributed by atoms with E-state index in [1.807, 2.05) is 12.1 Å². The molecule has 0 amide bonds. The number of hydrogen-bond donors (Lipinski definition) is 2. The Bertz CT molecular complexity index is 479. The van der Waals surface area contributed by atoms with Crippen LogP contribution in [0.4, 0.5) is 0 Å². The molecule has 2 N–H and O–H groups in total. The molecular weight excluding hydrogens is 240 g/mol. The summed E-state index contributed by atoms with van der Waals surface area (Å²) in [5.74, 6) is 1.77. The smallest absolute Gasteiger partial charge is 0.137 e. The summed E-state index contributed by atoms with van der Waals surface area (Å²) in [6.45, 7) is 5.85. The largest absolute Gasteiger partial charge is 0.490 e. The van der Waals surface area contributed by atoms with Crippen molar-refractivity contribution >= 4 is 0 Å². The van der Waals surface area contributed by atoms with Gasteiger partial charge in [0.25, 0.3) is 0 Å². The van der Waals surface area contributed by atoms with Crippen LogP contribution < -0.4 is 10.1 Å². The van der Waals surface area contributed by atoms with E-state index in [1.54, 1.807) is 6.08 Å². The number of rotatable bonds is 8. The van der Waals surface area contributed by atoms with E-state index in [2.05, 4.69) is 39.2 Å². The van der Waals surface area contributed by atoms with E-state index in [0.29, 0.717) is 6.61 Å². The fourth-order valence-electron chi connectivity index (χ4n) is 1.65. The lowest BCUT2D eigenvalue weighted by atomic mass is 10.2. The second-order valence-electron chi connectivity index (χ2n) is 4.10. The van der Waals surface area contributed by atoms with Crippen LogP contribution in [0.3, 0.4) is 0 Å². The van der Waals surface area contributed by atoms with Crippen LogP contribution in [0.5, 0.6) is 5.75 Å². The molecule has 1 aromatic heterocycles. The average molecular weight is 258 g/mol. The van der Waals surface area contributed by atoms with Crippen molar-refractivity contribution in [3.8, 4) is 5.75 Å². The predicted octanol–water partition coefficient (Wildman–Crippen LogP) is 1.70. The molecule has 0 atom stereocenters. The number of aromatic amines is 1. The van der Waals surface area contributed by atoms with Gasteiger partial charge in [-0.1, -0.05) is 24.8 Å². The van der Waals surface area contributed by atoms with E-state index in [4.69, 9.17) is 4.74 Å². The Morgan fingerprint density at radius 1 is 1.32 bits per heavy atom. The third-order valence-electron chi connectivity index (χ3n) is 2.62. The lowest BCUT2D eigenvalue weighted by molar-refractivity contribution is 0.363. The van der Waals surface area contributed by atoms with E-state index in [-0.39, 0.29) is 0 Å². The number of hydrogen-bond acceptors (Lipinski definition) is 4. The second-order valence-corrected chi connectivity index (χ2v) is 4.10. The minimum Gasteiger partial charge on any atom is -0.490 e. The highest BCUT2D eigenvalue weighted by atomic mass is 16.5. The van der Waals surface area contributed by atoms with Crippen molar-refractivity contribution < 1.29 is 4.74 Å². The van der Waals surface area contributed by atoms with Gasteiger partial charge < -0.3 is 10.1 Å². The number of nitrogens with one attached hydrogen (secondary N) is 2. The van der Waals surface area contributed by atoms with Gasteiger partial charge in [-0.05, 0) is 17.7 Å². The molecule has 0 bridgehead atoms. The van der Waals surface area contributed by atoms with Crippen LogP contribution in [0.1, 0.15) is 11.4 Å². The van der Waals surface area contributed by atoms with Gasteiger partial charge in [0.05, 0.1) is 0 Å². The Labute approximate surface area is 112 Å². The summed E-state index contributed by atoms with van der Waals surface area (Å²) in [5.41, 5.74) is 1.23. The van der Waals surface area contributed by atoms with Crippen LogP contribution in [0.25, 0.3) is 0 Å². The molecule has 0 aliphatic carbocycles. The molecule has 0 saturated heterocycles. The molecule has 0 spiro atoms. The van der Waals surface area contributed by atoms with Crippen molar-refractivity contribution in [2.45, 2.75) is 13.0 Å². The van der Waals surface area contributed by atoms with Crippen LogP contribution in [0.15, 0.2) is 43.2 Å². The first-order chi connectivity index (χ1) is 9.38. The molecule has 19 heavy (non-hydrogen) atoms. The van der Waals surface area contributed by atoms with Crippen molar-refractivity contribution in [2.24, 2.45) is 0 Å². The highest BCUT2D eigenvalue weighted by Gasteiger charge is 1.97. The fourth-order valence-corrected chi connectivity index (χ4v) is 1.65. The number of benzene rings is 1. The van der Waals surface area contributed by atoms with Crippen molar-refractivity contribution in [1.82, 2.24) is 20.5 Å². The van der Waals surface area contributed by atoms with Crippen LogP contribution in [-0.2, 0) is 13.0 Å². The lowest BCUT2D eigenvalue weighted by Crippen LogP contribution is -2.17. The maximum Gasteiger partial charge on any atom is 0.137 e. The lowest BCUT2D eigenvalue weighted by Gasteiger charge is -2.06. The Morgan fingerprint density at radius 3 is 2.84 bits per heavy atom. The summed E-state index contributed by atoms with van der Waals surface area (Å²) >= 11 is 0. The van der Waals surface area contributed by atoms with E-state index in [0.717, 1.165) is 31.1 Å². The number of ether oxygens (including phenoxy) is 1. The van der Waals surface area contributed by atoms with E-state index in [1.165, 1.54) is 11.9 Å². The van der Waals surface area contributed by atoms with E-state index < -0.39 is 0 Å². The normalized spacial score (nSPS) is 10.3. The van der Waals surface area contributed by atoms with Crippen molar-refractivity contribution in [3.05, 3.63) is 54.6 Å². The highest BCUT2D eigenvalue weighted by molar-refractivity contribution is 5.27. The van der Waals surface area contributed by atoms with Crippen LogP contribution in [0, 0.1) is 0 Å². The van der Waals surface area contributed by atoms with Crippen LogP contribution in [0.2, 0.25) is 0 Å². The molecule has 1 heterocycles. The zero-order valence-corrected chi connectivity index (χ0v) is 10.8. The molecule has 5 nitrogen and oxygen atoms in total. The highest BCUT2D eigenvalue weighted by Crippen LogP contribution is 2.11. The summed E-state index contributed by atoms with van der Waals surface area (Å²) in [5, 5.41) is 10.0.